The van der Waals surface area contributed by atoms with Crippen molar-refractivity contribution < 1.29 is 14.7 Å². The number of fused-ring (bicyclic) bond motifs is 1. The van der Waals surface area contributed by atoms with Crippen molar-refractivity contribution in [2.24, 2.45) is 0 Å². The number of hydrogen-bond acceptors (Lipinski definition) is 4. The van der Waals surface area contributed by atoms with Crippen molar-refractivity contribution >= 4 is 5.91 Å². The van der Waals surface area contributed by atoms with Gasteiger partial charge in [0.15, 0.2) is 0 Å². The molecule has 18 heavy (non-hydrogen) atoms. The van der Waals surface area contributed by atoms with Crippen LogP contribution in [0.5, 0.6) is 5.75 Å². The Morgan fingerprint density at radius 1 is 1.50 bits per heavy atom. The first-order valence-electron chi connectivity index (χ1n) is 6.06. The molecule has 0 bridgehead atoms. The van der Waals surface area contributed by atoms with Crippen molar-refractivity contribution in [3.63, 3.8) is 0 Å². The van der Waals surface area contributed by atoms with Gasteiger partial charge in [-0.25, -0.2) is 5.48 Å². The van der Waals surface area contributed by atoms with Gasteiger partial charge < -0.3 is 4.74 Å². The van der Waals surface area contributed by atoms with Gasteiger partial charge in [-0.2, -0.15) is 0 Å². The fourth-order valence-electron chi connectivity index (χ4n) is 2.44. The van der Waals surface area contributed by atoms with E-state index in [0.29, 0.717) is 12.2 Å². The fraction of sp³-hybridized carbons (Fsp3) is 0.462. The number of hydrogen-bond donors (Lipinski definition) is 2. The molecule has 0 radical (unpaired) electrons. The van der Waals surface area contributed by atoms with Crippen LogP contribution >= 0.6 is 0 Å². The number of carbonyl (C=O) groups excluding carboxylic acids is 1. The first kappa shape index (κ1) is 11.5. The molecule has 0 unspecified atom stereocenters. The molecule has 0 saturated heterocycles. The molecule has 0 atom stereocenters. The van der Waals surface area contributed by atoms with E-state index in [2.05, 4.69) is 11.9 Å². The van der Waals surface area contributed by atoms with Crippen molar-refractivity contribution in [2.75, 3.05) is 13.7 Å². The Kier molecular flexibility index (Phi) is 2.53. The molecular weight excluding hydrogens is 232 g/mol. The van der Waals surface area contributed by atoms with Crippen LogP contribution in [-0.4, -0.2) is 35.2 Å². The predicted octanol–water partition coefficient (Wildman–Crippen LogP) is 1.16. The van der Waals surface area contributed by atoms with E-state index in [1.54, 1.807) is 17.6 Å². The van der Waals surface area contributed by atoms with E-state index in [0.717, 1.165) is 17.9 Å². The van der Waals surface area contributed by atoms with Crippen LogP contribution < -0.4 is 10.2 Å². The molecule has 3 rings (SSSR count). The average Bonchev–Trinajstić information content (AvgIpc) is 3.18. The summed E-state index contributed by atoms with van der Waals surface area (Å²) >= 11 is 0. The quantitative estimate of drug-likeness (QED) is 0.578. The third-order valence-corrected chi connectivity index (χ3v) is 3.97. The van der Waals surface area contributed by atoms with Crippen LogP contribution in [-0.2, 0) is 6.54 Å². The van der Waals surface area contributed by atoms with Crippen molar-refractivity contribution in [3.05, 3.63) is 29.3 Å². The maximum atomic E-state index is 11.4. The monoisotopic (exact) mass is 248 g/mol. The Hall–Kier alpha value is -1.59. The van der Waals surface area contributed by atoms with Crippen molar-refractivity contribution in [1.29, 1.82) is 0 Å². The molecule has 1 amide bonds. The highest BCUT2D eigenvalue weighted by Gasteiger charge is 2.48. The predicted molar refractivity (Wildman–Crippen MR) is 64.6 cm³/mol. The lowest BCUT2D eigenvalue weighted by Gasteiger charge is -2.23. The van der Waals surface area contributed by atoms with Gasteiger partial charge in [0.05, 0.1) is 5.54 Å². The second-order valence-electron chi connectivity index (χ2n) is 5.13. The molecule has 2 N–H and O–H groups in total. The van der Waals surface area contributed by atoms with Crippen LogP contribution in [0.1, 0.15) is 28.8 Å². The average molecular weight is 248 g/mol. The van der Waals surface area contributed by atoms with Crippen molar-refractivity contribution in [2.45, 2.75) is 24.9 Å². The molecule has 1 spiro atoms. The lowest BCUT2D eigenvalue weighted by atomic mass is 10.1. The second kappa shape index (κ2) is 3.96. The van der Waals surface area contributed by atoms with Crippen LogP contribution in [0.25, 0.3) is 0 Å². The highest BCUT2D eigenvalue weighted by atomic mass is 16.5. The van der Waals surface area contributed by atoms with Crippen molar-refractivity contribution in [1.82, 2.24) is 10.4 Å². The van der Waals surface area contributed by atoms with E-state index in [9.17, 15) is 4.79 Å². The van der Waals surface area contributed by atoms with Crippen LogP contribution in [0.3, 0.4) is 0 Å². The van der Waals surface area contributed by atoms with Crippen LogP contribution in [0.2, 0.25) is 0 Å². The molecule has 1 saturated carbocycles. The lowest BCUT2D eigenvalue weighted by Crippen LogP contribution is -2.36. The zero-order valence-electron chi connectivity index (χ0n) is 10.3. The van der Waals surface area contributed by atoms with Gasteiger partial charge in [-0.05, 0) is 32.0 Å². The second-order valence-corrected chi connectivity index (χ2v) is 5.13. The molecule has 1 aromatic rings. The molecule has 1 heterocycles. The van der Waals surface area contributed by atoms with Gasteiger partial charge in [-0.3, -0.25) is 14.9 Å². The number of hydroxylamine groups is 1. The third kappa shape index (κ3) is 1.76. The van der Waals surface area contributed by atoms with E-state index in [1.807, 2.05) is 6.07 Å². The summed E-state index contributed by atoms with van der Waals surface area (Å²) in [5.74, 6) is 0.229. The third-order valence-electron chi connectivity index (χ3n) is 3.97. The highest BCUT2D eigenvalue weighted by Crippen LogP contribution is 2.44. The molecule has 0 aromatic heterocycles. The van der Waals surface area contributed by atoms with Crippen molar-refractivity contribution in [3.8, 4) is 5.75 Å². The zero-order chi connectivity index (χ0) is 12.8. The van der Waals surface area contributed by atoms with Gasteiger partial charge in [0.1, 0.15) is 12.4 Å². The molecule has 1 fully saturated rings. The molecule has 1 aliphatic heterocycles. The molecule has 96 valence electrons. The van der Waals surface area contributed by atoms with Crippen LogP contribution in [0, 0.1) is 0 Å². The fourth-order valence-corrected chi connectivity index (χ4v) is 2.44. The Labute approximate surface area is 105 Å². The van der Waals surface area contributed by atoms with E-state index < -0.39 is 5.91 Å². The number of amides is 1. The van der Waals surface area contributed by atoms with Crippen LogP contribution in [0.4, 0.5) is 0 Å². The van der Waals surface area contributed by atoms with E-state index in [1.165, 1.54) is 12.8 Å². The Balaban J connectivity index is 1.91. The summed E-state index contributed by atoms with van der Waals surface area (Å²) in [5, 5.41) is 8.63. The maximum Gasteiger partial charge on any atom is 0.274 e. The minimum absolute atomic E-state index is 0.193. The Morgan fingerprint density at radius 2 is 2.28 bits per heavy atom. The van der Waals surface area contributed by atoms with E-state index in [-0.39, 0.29) is 5.54 Å². The first-order chi connectivity index (χ1) is 8.64. The summed E-state index contributed by atoms with van der Waals surface area (Å²) < 4.78 is 5.83. The van der Waals surface area contributed by atoms with Gasteiger partial charge in [0.2, 0.25) is 0 Å². The first-order valence-corrected chi connectivity index (χ1v) is 6.06. The summed E-state index contributed by atoms with van der Waals surface area (Å²) in [4.78, 5) is 13.7. The number of likely N-dealkylation sites (N-methyl/N-ethyl adjacent to an activating group) is 1. The standard InChI is InChI=1S/C13H16N2O3/c1-15-7-10-3-2-9(12(16)14-17)6-11(10)18-8-13(15)4-5-13/h2-3,6,17H,4-5,7-8H2,1H3,(H,14,16). The summed E-state index contributed by atoms with van der Waals surface area (Å²) in [6.45, 7) is 1.50. The molecule has 5 heteroatoms. The van der Waals surface area contributed by atoms with Gasteiger partial charge >= 0.3 is 0 Å². The van der Waals surface area contributed by atoms with Gasteiger partial charge in [-0.15, -0.1) is 0 Å². The number of nitrogens with zero attached hydrogens (tertiary/aromatic N) is 1. The smallest absolute Gasteiger partial charge is 0.274 e. The molecular formula is C13H16N2O3. The minimum Gasteiger partial charge on any atom is -0.491 e. The SMILES string of the molecule is CN1Cc2ccc(C(=O)NO)cc2OCC12CC2. The Morgan fingerprint density at radius 3 is 2.94 bits per heavy atom. The van der Waals surface area contributed by atoms with E-state index in [4.69, 9.17) is 9.94 Å². The largest absolute Gasteiger partial charge is 0.491 e. The number of nitrogens with one attached hydrogen (secondary N) is 1. The molecule has 5 nitrogen and oxygen atoms in total. The lowest BCUT2D eigenvalue weighted by molar-refractivity contribution is 0.0706. The van der Waals surface area contributed by atoms with E-state index >= 15 is 0 Å². The maximum absolute atomic E-state index is 11.4. The number of ether oxygens (including phenoxy) is 1. The molecule has 1 aliphatic carbocycles. The molecule has 2 aliphatic rings. The highest BCUT2D eigenvalue weighted by molar-refractivity contribution is 5.93. The number of carbonyl (C=O) groups is 1. The number of benzene rings is 1. The number of rotatable bonds is 1. The summed E-state index contributed by atoms with van der Waals surface area (Å²) in [6, 6.07) is 5.28. The van der Waals surface area contributed by atoms with Gasteiger partial charge in [-0.1, -0.05) is 6.07 Å². The molecule has 1 aromatic carbocycles. The summed E-state index contributed by atoms with van der Waals surface area (Å²) in [7, 11) is 2.11. The minimum atomic E-state index is -0.514. The van der Waals surface area contributed by atoms with Gasteiger partial charge in [0, 0.05) is 17.7 Å². The van der Waals surface area contributed by atoms with Crippen LogP contribution in [0.15, 0.2) is 18.2 Å². The topological polar surface area (TPSA) is 61.8 Å². The summed E-state index contributed by atoms with van der Waals surface area (Å²) in [5.41, 5.74) is 3.32. The van der Waals surface area contributed by atoms with Gasteiger partial charge in [0.25, 0.3) is 5.91 Å². The normalized spacial score (nSPS) is 20.8. The summed E-state index contributed by atoms with van der Waals surface area (Å²) in [6.07, 6.45) is 2.34. The Bertz CT molecular complexity index is 497. The zero-order valence-corrected chi connectivity index (χ0v) is 10.3.